The first-order valence-electron chi connectivity index (χ1n) is 10.2. The number of hydrogen-bond donors (Lipinski definition) is 1. The first kappa shape index (κ1) is 23.4. The summed E-state index contributed by atoms with van der Waals surface area (Å²) >= 11 is 1.21. The predicted octanol–water partition coefficient (Wildman–Crippen LogP) is 1.50. The average molecular weight is 493 g/mol. The summed E-state index contributed by atoms with van der Waals surface area (Å²) < 4.78 is 39.6. The Balaban J connectivity index is 1.50. The molecule has 2 aromatic heterocycles. The van der Waals surface area contributed by atoms with Crippen molar-refractivity contribution in [2.24, 2.45) is 0 Å². The monoisotopic (exact) mass is 492 g/mol. The smallest absolute Gasteiger partial charge is 0.256 e. The van der Waals surface area contributed by atoms with Gasteiger partial charge in [-0.05, 0) is 38.1 Å². The number of amides is 1. The number of aryl methyl sites for hydroxylation is 2. The van der Waals surface area contributed by atoms with E-state index in [0.717, 1.165) is 11.4 Å². The van der Waals surface area contributed by atoms with Gasteiger partial charge in [-0.3, -0.25) is 9.20 Å². The van der Waals surface area contributed by atoms with Crippen molar-refractivity contribution < 1.29 is 22.7 Å². The van der Waals surface area contributed by atoms with Crippen molar-refractivity contribution in [3.05, 3.63) is 35.7 Å². The number of thioether (sulfide) groups is 1. The number of ether oxygens (including phenoxy) is 2. The lowest BCUT2D eigenvalue weighted by Gasteiger charge is -2.26. The zero-order valence-corrected chi connectivity index (χ0v) is 20.1. The van der Waals surface area contributed by atoms with E-state index in [2.05, 4.69) is 20.5 Å². The minimum Gasteiger partial charge on any atom is -0.495 e. The summed E-state index contributed by atoms with van der Waals surface area (Å²) in [7, 11) is -2.26. The van der Waals surface area contributed by atoms with E-state index in [1.54, 1.807) is 4.40 Å². The minimum absolute atomic E-state index is 0.0394. The van der Waals surface area contributed by atoms with E-state index in [1.165, 1.54) is 41.4 Å². The van der Waals surface area contributed by atoms with Crippen LogP contribution in [0.2, 0.25) is 0 Å². The number of aromatic nitrogens is 4. The van der Waals surface area contributed by atoms with Gasteiger partial charge in [0.05, 0.1) is 36.7 Å². The molecular weight excluding hydrogens is 468 g/mol. The number of carbonyl (C=O) groups excluding carboxylic acids is 1. The van der Waals surface area contributed by atoms with Crippen LogP contribution >= 0.6 is 11.8 Å². The Morgan fingerprint density at radius 2 is 1.97 bits per heavy atom. The fourth-order valence-corrected chi connectivity index (χ4v) is 5.71. The zero-order chi connectivity index (χ0) is 23.6. The highest BCUT2D eigenvalue weighted by Gasteiger charge is 2.27. The summed E-state index contributed by atoms with van der Waals surface area (Å²) in [6, 6.07) is 6.31. The molecule has 1 aliphatic rings. The molecule has 0 atom stereocenters. The van der Waals surface area contributed by atoms with Crippen molar-refractivity contribution in [3.63, 3.8) is 0 Å². The topological polar surface area (TPSA) is 128 Å². The summed E-state index contributed by atoms with van der Waals surface area (Å²) in [5.74, 6) is 0.530. The van der Waals surface area contributed by atoms with Crippen molar-refractivity contribution in [2.75, 3.05) is 44.5 Å². The Kier molecular flexibility index (Phi) is 6.83. The number of anilines is 1. The number of benzene rings is 1. The molecule has 11 nitrogen and oxygen atoms in total. The number of sulfonamides is 1. The molecule has 0 aliphatic carbocycles. The lowest BCUT2D eigenvalue weighted by atomic mass is 10.3. The second-order valence-corrected chi connectivity index (χ2v) is 10.3. The Hall–Kier alpha value is -2.74. The number of hydrogen-bond acceptors (Lipinski definition) is 9. The van der Waals surface area contributed by atoms with Gasteiger partial charge in [-0.25, -0.2) is 13.4 Å². The van der Waals surface area contributed by atoms with E-state index in [1.807, 2.05) is 19.9 Å². The molecule has 13 heteroatoms. The van der Waals surface area contributed by atoms with Crippen molar-refractivity contribution in [1.82, 2.24) is 23.9 Å². The molecular formula is C20H24N6O5S2. The highest BCUT2D eigenvalue weighted by atomic mass is 32.2. The molecule has 1 N–H and O–H groups in total. The molecule has 0 bridgehead atoms. The summed E-state index contributed by atoms with van der Waals surface area (Å²) in [5.41, 5.74) is 2.02. The fourth-order valence-electron chi connectivity index (χ4n) is 3.49. The lowest BCUT2D eigenvalue weighted by Crippen LogP contribution is -2.40. The van der Waals surface area contributed by atoms with Crippen LogP contribution in [0.4, 0.5) is 5.69 Å². The van der Waals surface area contributed by atoms with Gasteiger partial charge in [-0.15, -0.1) is 10.2 Å². The molecule has 1 amide bonds. The summed E-state index contributed by atoms with van der Waals surface area (Å²) in [5, 5.41) is 11.5. The maximum atomic E-state index is 13.0. The largest absolute Gasteiger partial charge is 0.495 e. The number of morpholine rings is 1. The van der Waals surface area contributed by atoms with Gasteiger partial charge in [0.25, 0.3) is 5.78 Å². The lowest BCUT2D eigenvalue weighted by molar-refractivity contribution is -0.113. The molecule has 4 rings (SSSR count). The van der Waals surface area contributed by atoms with Crippen LogP contribution < -0.4 is 10.1 Å². The van der Waals surface area contributed by atoms with E-state index >= 15 is 0 Å². The first-order valence-corrected chi connectivity index (χ1v) is 12.6. The van der Waals surface area contributed by atoms with E-state index in [-0.39, 0.29) is 35.3 Å². The standard InChI is InChI=1S/C20H24N6O5S2/c1-13-10-14(2)26-19(21-13)23-24-20(26)32-12-18(27)22-16-11-15(4-5-17(16)30-3)33(28,29)25-6-8-31-9-7-25/h4-5,10-11H,6-9,12H2,1-3H3,(H,22,27). The van der Waals surface area contributed by atoms with Gasteiger partial charge in [-0.2, -0.15) is 4.31 Å². The third-order valence-corrected chi connectivity index (χ3v) is 7.87. The second-order valence-electron chi connectivity index (χ2n) is 7.37. The summed E-state index contributed by atoms with van der Waals surface area (Å²) in [4.78, 5) is 17.1. The van der Waals surface area contributed by atoms with Crippen molar-refractivity contribution in [2.45, 2.75) is 23.9 Å². The van der Waals surface area contributed by atoms with Gasteiger partial charge < -0.3 is 14.8 Å². The van der Waals surface area contributed by atoms with E-state index < -0.39 is 10.0 Å². The van der Waals surface area contributed by atoms with Crippen LogP contribution in [0.1, 0.15) is 11.4 Å². The molecule has 0 radical (unpaired) electrons. The van der Waals surface area contributed by atoms with Crippen LogP contribution in [-0.2, 0) is 19.6 Å². The van der Waals surface area contributed by atoms with Gasteiger partial charge in [0.1, 0.15) is 5.75 Å². The van der Waals surface area contributed by atoms with Gasteiger partial charge in [-0.1, -0.05) is 11.8 Å². The van der Waals surface area contributed by atoms with Crippen LogP contribution in [0.3, 0.4) is 0 Å². The molecule has 0 spiro atoms. The first-order chi connectivity index (χ1) is 15.8. The third-order valence-electron chi connectivity index (χ3n) is 5.05. The predicted molar refractivity (Wildman–Crippen MR) is 122 cm³/mol. The number of nitrogens with zero attached hydrogens (tertiary/aromatic N) is 5. The van der Waals surface area contributed by atoms with Crippen LogP contribution in [0, 0.1) is 13.8 Å². The van der Waals surface area contributed by atoms with Gasteiger partial charge in [0, 0.05) is 24.5 Å². The Morgan fingerprint density at radius 3 is 2.70 bits per heavy atom. The fraction of sp³-hybridized carbons (Fsp3) is 0.400. The highest BCUT2D eigenvalue weighted by molar-refractivity contribution is 7.99. The molecule has 3 aromatic rings. The normalized spacial score (nSPS) is 15.0. The number of carbonyl (C=O) groups is 1. The molecule has 0 unspecified atom stereocenters. The van der Waals surface area contributed by atoms with Crippen molar-refractivity contribution in [1.29, 1.82) is 0 Å². The quantitative estimate of drug-likeness (QED) is 0.488. The Bertz CT molecular complexity index is 1290. The van der Waals surface area contributed by atoms with Gasteiger partial charge in [0.2, 0.25) is 15.9 Å². The van der Waals surface area contributed by atoms with Crippen LogP contribution in [-0.4, -0.2) is 77.4 Å². The molecule has 1 fully saturated rings. The molecule has 33 heavy (non-hydrogen) atoms. The second kappa shape index (κ2) is 9.63. The molecule has 1 saturated heterocycles. The molecule has 1 aromatic carbocycles. The maximum Gasteiger partial charge on any atom is 0.256 e. The molecule has 1 aliphatic heterocycles. The van der Waals surface area contributed by atoms with Gasteiger partial charge >= 0.3 is 0 Å². The van der Waals surface area contributed by atoms with E-state index in [4.69, 9.17) is 9.47 Å². The van der Waals surface area contributed by atoms with Crippen molar-refractivity contribution >= 4 is 39.2 Å². The van der Waals surface area contributed by atoms with E-state index in [9.17, 15) is 13.2 Å². The number of rotatable bonds is 7. The van der Waals surface area contributed by atoms with Crippen LogP contribution in [0.5, 0.6) is 5.75 Å². The number of methoxy groups -OCH3 is 1. The average Bonchev–Trinajstić information content (AvgIpc) is 3.21. The number of fused-ring (bicyclic) bond motifs is 1. The maximum absolute atomic E-state index is 13.0. The minimum atomic E-state index is -3.71. The van der Waals surface area contributed by atoms with Crippen molar-refractivity contribution in [3.8, 4) is 5.75 Å². The molecule has 3 heterocycles. The van der Waals surface area contributed by atoms with E-state index in [0.29, 0.717) is 29.9 Å². The van der Waals surface area contributed by atoms with Crippen LogP contribution in [0.15, 0.2) is 34.3 Å². The van der Waals surface area contributed by atoms with Gasteiger partial charge in [0.15, 0.2) is 5.16 Å². The van der Waals surface area contributed by atoms with Crippen LogP contribution in [0.25, 0.3) is 5.78 Å². The Labute approximate surface area is 195 Å². The molecule has 176 valence electrons. The SMILES string of the molecule is COc1ccc(S(=O)(=O)N2CCOCC2)cc1NC(=O)CSc1nnc2nc(C)cc(C)n12. The molecule has 0 saturated carbocycles. The number of nitrogens with one attached hydrogen (secondary N) is 1. The Morgan fingerprint density at radius 1 is 1.21 bits per heavy atom. The zero-order valence-electron chi connectivity index (χ0n) is 18.4. The summed E-state index contributed by atoms with van der Waals surface area (Å²) in [6.45, 7) is 5.06. The highest BCUT2D eigenvalue weighted by Crippen LogP contribution is 2.30. The summed E-state index contributed by atoms with van der Waals surface area (Å²) in [6.07, 6.45) is 0. The third kappa shape index (κ3) is 4.95.